The number of hydrogen-bond acceptors (Lipinski definition) is 7. The minimum absolute atomic E-state index is 0.0223. The number of quaternary nitrogens is 1. The molecule has 9 nitrogen and oxygen atoms in total. The van der Waals surface area contributed by atoms with Gasteiger partial charge in [0.2, 0.25) is 0 Å². The van der Waals surface area contributed by atoms with Crippen LogP contribution in [0.3, 0.4) is 0 Å². The lowest BCUT2D eigenvalue weighted by atomic mass is 10.0. The van der Waals surface area contributed by atoms with Crippen LogP contribution in [-0.2, 0) is 32.7 Å². The zero-order valence-electron chi connectivity index (χ0n) is 50.3. The Hall–Kier alpha value is -3.85. The maximum Gasteiger partial charge on any atom is 0.472 e. The minimum atomic E-state index is -4.40. The SMILES string of the molecule is CC/C=C\C/C=C\C/C=C\C/C=C\C/C=C\C/C=C\CCCCCCCCCCC(=O)OC(COC(=O)CCCCCCCCCCCCC/C=C\C/C=C\C/C=C\C/C=C\C/C=C\CC)COP(=O)(O)OCC[N+](C)(C)C. The van der Waals surface area contributed by atoms with Crippen molar-refractivity contribution in [1.29, 1.82) is 0 Å². The normalized spacial score (nSPS) is 14.2. The molecule has 2 atom stereocenters. The van der Waals surface area contributed by atoms with Crippen LogP contribution in [0.5, 0.6) is 0 Å². The van der Waals surface area contributed by atoms with Gasteiger partial charge in [-0.05, 0) is 109 Å². The van der Waals surface area contributed by atoms with Crippen molar-refractivity contribution in [3.63, 3.8) is 0 Å². The van der Waals surface area contributed by atoms with Gasteiger partial charge in [-0.3, -0.25) is 18.6 Å². The summed E-state index contributed by atoms with van der Waals surface area (Å²) < 4.78 is 34.6. The second kappa shape index (κ2) is 57.8. The number of carbonyl (C=O) groups excluding carboxylic acids is 2. The topological polar surface area (TPSA) is 108 Å². The Labute approximate surface area is 479 Å². The molecule has 0 aliphatic heterocycles. The third kappa shape index (κ3) is 61.4. The molecular weight excluding hydrogens is 990 g/mol. The second-order valence-electron chi connectivity index (χ2n) is 21.3. The van der Waals surface area contributed by atoms with Gasteiger partial charge < -0.3 is 18.9 Å². The first-order valence-electron chi connectivity index (χ1n) is 30.9. The number of esters is 2. The molecule has 0 aromatic heterocycles. The number of allylic oxidation sites excluding steroid dienone is 22. The molecule has 0 aliphatic carbocycles. The number of phosphoric ester groups is 1. The molecule has 0 rings (SSSR count). The molecule has 0 aliphatic rings. The third-order valence-corrected chi connectivity index (χ3v) is 13.7. The predicted octanol–water partition coefficient (Wildman–Crippen LogP) is 19.7. The number of hydrogen-bond donors (Lipinski definition) is 1. The molecular formula is C68H115NO8P+. The number of nitrogens with zero attached hydrogens (tertiary/aromatic N) is 1. The van der Waals surface area contributed by atoms with Crippen molar-refractivity contribution in [3.8, 4) is 0 Å². The van der Waals surface area contributed by atoms with Gasteiger partial charge in [0.1, 0.15) is 19.8 Å². The van der Waals surface area contributed by atoms with Crippen molar-refractivity contribution in [1.82, 2.24) is 0 Å². The summed E-state index contributed by atoms with van der Waals surface area (Å²) in [6.07, 6.45) is 83.7. The molecule has 78 heavy (non-hydrogen) atoms. The standard InChI is InChI=1S/C68H114NO8P/c1-6-8-10-12-14-16-18-20-22-24-26-28-30-32-34-36-38-40-42-44-46-48-50-52-54-56-58-60-67(70)74-64-66(65-76-78(72,73)75-63-62-69(3,4)5)77-68(71)61-59-57-55-53-51-49-47-45-43-41-39-37-35-33-31-29-27-25-23-21-19-17-15-13-11-9-7-2/h8-11,14-17,20-23,26-29,32-35,39,41,66H,6-7,12-13,18-19,24-25,30-31,36-38,40,42-65H2,1-5H3/p+1/b10-8-,11-9-,16-14-,17-15-,22-20-,23-21-,28-26-,29-27-,34-32-,35-33-,41-39-. The van der Waals surface area contributed by atoms with Crippen LogP contribution in [-0.4, -0.2) is 74.9 Å². The fraction of sp³-hybridized carbons (Fsp3) is 0.647. The summed E-state index contributed by atoms with van der Waals surface area (Å²) in [4.78, 5) is 35.8. The van der Waals surface area contributed by atoms with E-state index in [0.29, 0.717) is 17.4 Å². The van der Waals surface area contributed by atoms with Gasteiger partial charge in [-0.25, -0.2) is 4.57 Å². The molecule has 0 saturated carbocycles. The average Bonchev–Trinajstić information content (AvgIpc) is 3.41. The van der Waals surface area contributed by atoms with E-state index < -0.39 is 26.5 Å². The van der Waals surface area contributed by atoms with Gasteiger partial charge in [0.05, 0.1) is 27.7 Å². The molecule has 0 heterocycles. The number of carbonyl (C=O) groups is 2. The van der Waals surface area contributed by atoms with Crippen LogP contribution >= 0.6 is 7.82 Å². The summed E-state index contributed by atoms with van der Waals surface area (Å²) in [7, 11) is 1.45. The molecule has 0 radical (unpaired) electrons. The lowest BCUT2D eigenvalue weighted by molar-refractivity contribution is -0.870. The van der Waals surface area contributed by atoms with E-state index >= 15 is 0 Å². The molecule has 10 heteroatoms. The summed E-state index contributed by atoms with van der Waals surface area (Å²) in [5.41, 5.74) is 0. The maximum absolute atomic E-state index is 12.8. The molecule has 0 fully saturated rings. The van der Waals surface area contributed by atoms with E-state index in [0.717, 1.165) is 116 Å². The Balaban J connectivity index is 4.19. The highest BCUT2D eigenvalue weighted by atomic mass is 31.2. The summed E-state index contributed by atoms with van der Waals surface area (Å²) in [5.74, 6) is -0.817. The van der Waals surface area contributed by atoms with Crippen LogP contribution in [0.25, 0.3) is 0 Å². The lowest BCUT2D eigenvalue weighted by Crippen LogP contribution is -2.37. The third-order valence-electron chi connectivity index (χ3n) is 12.7. The van der Waals surface area contributed by atoms with Crippen LogP contribution < -0.4 is 0 Å². The van der Waals surface area contributed by atoms with E-state index in [2.05, 4.69) is 148 Å². The Morgan fingerprint density at radius 1 is 0.397 bits per heavy atom. The van der Waals surface area contributed by atoms with Crippen LogP contribution in [0.15, 0.2) is 134 Å². The van der Waals surface area contributed by atoms with Crippen molar-refractivity contribution in [2.75, 3.05) is 47.5 Å². The minimum Gasteiger partial charge on any atom is -0.462 e. The van der Waals surface area contributed by atoms with E-state index in [9.17, 15) is 19.0 Å². The molecule has 0 amide bonds. The van der Waals surface area contributed by atoms with Gasteiger partial charge in [-0.1, -0.05) is 244 Å². The lowest BCUT2D eigenvalue weighted by Gasteiger charge is -2.24. The Morgan fingerprint density at radius 3 is 1.03 bits per heavy atom. The molecule has 444 valence electrons. The van der Waals surface area contributed by atoms with Gasteiger partial charge in [0.15, 0.2) is 6.10 Å². The summed E-state index contributed by atoms with van der Waals surface area (Å²) in [6, 6.07) is 0. The molecule has 0 bridgehead atoms. The predicted molar refractivity (Wildman–Crippen MR) is 334 cm³/mol. The Kier molecular flexibility index (Phi) is 55.0. The number of rotatable bonds is 55. The zero-order valence-corrected chi connectivity index (χ0v) is 51.2. The highest BCUT2D eigenvalue weighted by molar-refractivity contribution is 7.47. The fourth-order valence-corrected chi connectivity index (χ4v) is 8.73. The number of likely N-dealkylation sites (N-methyl/N-ethyl adjacent to an activating group) is 1. The number of unbranched alkanes of at least 4 members (excludes halogenated alkanes) is 19. The van der Waals surface area contributed by atoms with E-state index in [1.54, 1.807) is 0 Å². The molecule has 1 N–H and O–H groups in total. The van der Waals surface area contributed by atoms with Crippen LogP contribution in [0.1, 0.15) is 232 Å². The van der Waals surface area contributed by atoms with Gasteiger partial charge in [0, 0.05) is 12.8 Å². The number of ether oxygens (including phenoxy) is 2. The first-order chi connectivity index (χ1) is 38.0. The van der Waals surface area contributed by atoms with Crippen molar-refractivity contribution in [3.05, 3.63) is 134 Å². The number of phosphoric acid groups is 1. The fourth-order valence-electron chi connectivity index (χ4n) is 7.99. The van der Waals surface area contributed by atoms with Crippen molar-refractivity contribution >= 4 is 19.8 Å². The highest BCUT2D eigenvalue weighted by Gasteiger charge is 2.27. The smallest absolute Gasteiger partial charge is 0.462 e. The highest BCUT2D eigenvalue weighted by Crippen LogP contribution is 2.43. The maximum atomic E-state index is 12.8. The van der Waals surface area contributed by atoms with E-state index in [-0.39, 0.29) is 32.0 Å². The van der Waals surface area contributed by atoms with Crippen LogP contribution in [0, 0.1) is 0 Å². The van der Waals surface area contributed by atoms with Gasteiger partial charge in [-0.2, -0.15) is 0 Å². The van der Waals surface area contributed by atoms with Crippen LogP contribution in [0.4, 0.5) is 0 Å². The van der Waals surface area contributed by atoms with Gasteiger partial charge in [0.25, 0.3) is 0 Å². The Morgan fingerprint density at radius 2 is 0.692 bits per heavy atom. The van der Waals surface area contributed by atoms with E-state index in [4.69, 9.17) is 18.5 Å². The first kappa shape index (κ1) is 74.2. The zero-order chi connectivity index (χ0) is 57.0. The second-order valence-corrected chi connectivity index (χ2v) is 22.8. The van der Waals surface area contributed by atoms with Crippen molar-refractivity contribution in [2.24, 2.45) is 0 Å². The van der Waals surface area contributed by atoms with E-state index in [1.807, 2.05) is 21.1 Å². The summed E-state index contributed by atoms with van der Waals surface area (Å²) in [5, 5.41) is 0. The largest absolute Gasteiger partial charge is 0.472 e. The van der Waals surface area contributed by atoms with Crippen molar-refractivity contribution < 1.29 is 42.1 Å². The Bertz CT molecular complexity index is 1780. The monoisotopic (exact) mass is 1100 g/mol. The van der Waals surface area contributed by atoms with Gasteiger partial charge in [-0.15, -0.1) is 0 Å². The molecule has 2 unspecified atom stereocenters. The molecule has 0 spiro atoms. The summed E-state index contributed by atoms with van der Waals surface area (Å²) in [6.45, 7) is 4.19. The summed E-state index contributed by atoms with van der Waals surface area (Å²) >= 11 is 0. The van der Waals surface area contributed by atoms with Crippen molar-refractivity contribution in [2.45, 2.75) is 238 Å². The first-order valence-corrected chi connectivity index (χ1v) is 32.4. The average molecular weight is 1110 g/mol. The van der Waals surface area contributed by atoms with Crippen LogP contribution in [0.2, 0.25) is 0 Å². The molecule has 0 saturated heterocycles. The van der Waals surface area contributed by atoms with Gasteiger partial charge >= 0.3 is 19.8 Å². The quantitative estimate of drug-likeness (QED) is 0.0211. The van der Waals surface area contributed by atoms with E-state index in [1.165, 1.54) is 83.5 Å². The molecule has 0 aromatic carbocycles. The molecule has 0 aromatic rings.